The monoisotopic (exact) mass is 509 g/mol. The number of aryl methyl sites for hydroxylation is 1. The van der Waals surface area contributed by atoms with Crippen molar-refractivity contribution in [1.29, 1.82) is 0 Å². The number of anilines is 1. The maximum absolute atomic E-state index is 11.5. The van der Waals surface area contributed by atoms with Gasteiger partial charge in [0.1, 0.15) is 6.61 Å². The molecule has 0 spiro atoms. The SMILES string of the molecule is Cn1cc(CNCC2CCN(c3ncc(C(=O)CO)cn3)CC2)c2ccccc21.F.F.OOC#CF. The van der Waals surface area contributed by atoms with Crippen molar-refractivity contribution in [2.75, 3.05) is 31.1 Å². The first-order chi connectivity index (χ1) is 16.6. The van der Waals surface area contributed by atoms with Crippen molar-refractivity contribution in [2.45, 2.75) is 19.4 Å². The summed E-state index contributed by atoms with van der Waals surface area (Å²) in [5, 5.41) is 21.0. The van der Waals surface area contributed by atoms with Gasteiger partial charge in [0.15, 0.2) is 18.1 Å². The second kappa shape index (κ2) is 15.4. The minimum Gasteiger partial charge on any atom is -0.388 e. The molecule has 3 aromatic rings. The predicted molar refractivity (Wildman–Crippen MR) is 131 cm³/mol. The van der Waals surface area contributed by atoms with Crippen LogP contribution >= 0.6 is 0 Å². The Labute approximate surface area is 206 Å². The van der Waals surface area contributed by atoms with Gasteiger partial charge in [-0.25, -0.2) is 9.97 Å². The lowest BCUT2D eigenvalue weighted by atomic mass is 9.97. The minimum absolute atomic E-state index is 0. The molecule has 9 nitrogen and oxygen atoms in total. The number of para-hydroxylation sites is 1. The Morgan fingerprint density at radius 2 is 1.89 bits per heavy atom. The first-order valence-electron chi connectivity index (χ1n) is 10.9. The normalized spacial score (nSPS) is 12.8. The number of aliphatic hydroxyl groups excluding tert-OH is 1. The number of hydrogen-bond donors (Lipinski definition) is 3. The van der Waals surface area contributed by atoms with Crippen LogP contribution in [-0.2, 0) is 18.5 Å². The summed E-state index contributed by atoms with van der Waals surface area (Å²) in [5.41, 5.74) is 2.96. The van der Waals surface area contributed by atoms with E-state index in [1.54, 1.807) is 0 Å². The van der Waals surface area contributed by atoms with Crippen molar-refractivity contribution >= 4 is 22.6 Å². The third-order valence-corrected chi connectivity index (χ3v) is 5.81. The van der Waals surface area contributed by atoms with Crippen LogP contribution in [0.15, 0.2) is 42.9 Å². The van der Waals surface area contributed by atoms with Crippen LogP contribution in [0.2, 0.25) is 0 Å². The molecule has 36 heavy (non-hydrogen) atoms. The van der Waals surface area contributed by atoms with E-state index in [2.05, 4.69) is 67.1 Å². The fourth-order valence-electron chi connectivity index (χ4n) is 4.05. The number of hydrogen-bond acceptors (Lipinski definition) is 8. The molecule has 1 aliphatic rings. The highest BCUT2D eigenvalue weighted by Gasteiger charge is 2.21. The minimum atomic E-state index is -0.514. The predicted octanol–water partition coefficient (Wildman–Crippen LogP) is 2.82. The lowest BCUT2D eigenvalue weighted by Gasteiger charge is -2.32. The van der Waals surface area contributed by atoms with Crippen LogP contribution in [0.5, 0.6) is 0 Å². The second-order valence-corrected chi connectivity index (χ2v) is 7.98. The molecule has 2 aromatic heterocycles. The highest BCUT2D eigenvalue weighted by molar-refractivity contribution is 5.96. The van der Waals surface area contributed by atoms with Crippen molar-refractivity contribution in [1.82, 2.24) is 19.9 Å². The van der Waals surface area contributed by atoms with E-state index in [0.717, 1.165) is 45.2 Å². The molecule has 12 heteroatoms. The third-order valence-electron chi connectivity index (χ3n) is 5.81. The molecule has 196 valence electrons. The number of carbonyl (C=O) groups is 1. The lowest BCUT2D eigenvalue weighted by molar-refractivity contribution is -0.172. The van der Waals surface area contributed by atoms with Crippen LogP contribution in [0.3, 0.4) is 0 Å². The third kappa shape index (κ3) is 7.94. The van der Waals surface area contributed by atoms with Gasteiger partial charge in [0.05, 0.1) is 5.56 Å². The zero-order valence-electron chi connectivity index (χ0n) is 19.8. The van der Waals surface area contributed by atoms with Crippen LogP contribution in [0.1, 0.15) is 28.8 Å². The van der Waals surface area contributed by atoms with Gasteiger partial charge in [-0.1, -0.05) is 18.2 Å². The smallest absolute Gasteiger partial charge is 0.225 e. The Morgan fingerprint density at radius 1 is 1.22 bits per heavy atom. The van der Waals surface area contributed by atoms with Crippen LogP contribution in [-0.4, -0.2) is 56.9 Å². The number of halogens is 3. The van der Waals surface area contributed by atoms with E-state index in [1.807, 2.05) is 0 Å². The van der Waals surface area contributed by atoms with E-state index in [-0.39, 0.29) is 15.2 Å². The van der Waals surface area contributed by atoms with Crippen molar-refractivity contribution < 1.29 is 33.8 Å². The summed E-state index contributed by atoms with van der Waals surface area (Å²) < 4.78 is 12.5. The van der Waals surface area contributed by atoms with E-state index in [4.69, 9.17) is 10.4 Å². The Morgan fingerprint density at radius 3 is 2.47 bits per heavy atom. The molecule has 3 heterocycles. The Kier molecular flexibility index (Phi) is 13.0. The summed E-state index contributed by atoms with van der Waals surface area (Å²) in [4.78, 5) is 25.2. The molecule has 0 saturated carbocycles. The van der Waals surface area contributed by atoms with E-state index in [0.29, 0.717) is 17.4 Å². The average Bonchev–Trinajstić information content (AvgIpc) is 3.20. The largest absolute Gasteiger partial charge is 0.388 e. The molecule has 0 unspecified atom stereocenters. The molecule has 0 amide bonds. The summed E-state index contributed by atoms with van der Waals surface area (Å²) in [5.74, 6) is 0.936. The maximum atomic E-state index is 11.5. The molecule has 4 rings (SSSR count). The van der Waals surface area contributed by atoms with E-state index >= 15 is 0 Å². The van der Waals surface area contributed by atoms with Crippen molar-refractivity contribution in [2.24, 2.45) is 13.0 Å². The lowest BCUT2D eigenvalue weighted by Crippen LogP contribution is -2.38. The standard InChI is InChI=1S/C22H27N5O2.C2HFO2.2FH/c1-26-14-18(19-4-2-3-5-20(19)26)11-23-10-16-6-8-27(9-7-16)22-24-12-17(13-25-22)21(29)15-28;3-1-2-5-4;;/h2-5,12-14,16,23,28H,6-11,15H2,1H3;4H;2*1H. The molecular formula is C24H30F3N5O4. The molecule has 1 fully saturated rings. The van der Waals surface area contributed by atoms with Gasteiger partial charge < -0.3 is 19.9 Å². The molecule has 0 bridgehead atoms. The number of nitrogens with zero attached hydrogens (tertiary/aromatic N) is 4. The molecule has 0 aliphatic carbocycles. The quantitative estimate of drug-likeness (QED) is 0.193. The molecule has 1 saturated heterocycles. The number of Topliss-reactive ketones (excluding diaryl/α,β-unsaturated/α-hetero) is 1. The highest BCUT2D eigenvalue weighted by Crippen LogP contribution is 2.22. The number of aliphatic hydroxyl groups is 1. The Balaban J connectivity index is 0.000000846. The number of aromatic nitrogens is 3. The van der Waals surface area contributed by atoms with E-state index in [1.165, 1.54) is 35.0 Å². The molecule has 1 aliphatic heterocycles. The summed E-state index contributed by atoms with van der Waals surface area (Å²) in [6, 6.07) is 8.51. The van der Waals surface area contributed by atoms with Crippen molar-refractivity contribution in [3.8, 4) is 12.3 Å². The molecular weight excluding hydrogens is 479 g/mol. The van der Waals surface area contributed by atoms with E-state index in [9.17, 15) is 9.18 Å². The summed E-state index contributed by atoms with van der Waals surface area (Å²) >= 11 is 0. The van der Waals surface area contributed by atoms with Crippen LogP contribution in [0, 0.1) is 18.2 Å². The number of ketones is 1. The number of piperidine rings is 1. The fraction of sp³-hybridized carbons (Fsp3) is 0.375. The van der Waals surface area contributed by atoms with Gasteiger partial charge in [-0.2, -0.15) is 5.26 Å². The number of fused-ring (bicyclic) bond motifs is 1. The van der Waals surface area contributed by atoms with Gasteiger partial charge in [-0.15, -0.1) is 4.39 Å². The molecule has 0 radical (unpaired) electrons. The van der Waals surface area contributed by atoms with Crippen molar-refractivity contribution in [3.63, 3.8) is 0 Å². The number of nitrogens with one attached hydrogen (secondary N) is 1. The topological polar surface area (TPSA) is 113 Å². The zero-order chi connectivity index (χ0) is 24.3. The average molecular weight is 510 g/mol. The number of rotatable bonds is 7. The van der Waals surface area contributed by atoms with Gasteiger partial charge in [-0.05, 0) is 36.9 Å². The summed E-state index contributed by atoms with van der Waals surface area (Å²) in [6.07, 6.45) is 9.43. The Bertz CT molecular complexity index is 1140. The van der Waals surface area contributed by atoms with E-state index < -0.39 is 6.61 Å². The molecule has 1 aromatic carbocycles. The first-order valence-corrected chi connectivity index (χ1v) is 10.9. The second-order valence-electron chi connectivity index (χ2n) is 7.98. The van der Waals surface area contributed by atoms with Gasteiger partial charge in [0.2, 0.25) is 5.95 Å². The van der Waals surface area contributed by atoms with Crippen LogP contribution in [0.4, 0.5) is 19.7 Å². The van der Waals surface area contributed by atoms with Crippen LogP contribution < -0.4 is 10.2 Å². The molecule has 3 N–H and O–H groups in total. The number of carbonyl (C=O) groups excluding carboxylic acids is 1. The molecule has 0 atom stereocenters. The first kappa shape index (κ1) is 30.4. The van der Waals surface area contributed by atoms with Gasteiger partial charge in [-0.3, -0.25) is 19.1 Å². The summed E-state index contributed by atoms with van der Waals surface area (Å²) in [6.45, 7) is 3.19. The summed E-state index contributed by atoms with van der Waals surface area (Å²) in [7, 11) is 2.09. The van der Waals surface area contributed by atoms with Gasteiger partial charge in [0.25, 0.3) is 0 Å². The van der Waals surface area contributed by atoms with Gasteiger partial charge in [0, 0.05) is 56.2 Å². The highest BCUT2D eigenvalue weighted by atomic mass is 19.1. The van der Waals surface area contributed by atoms with Crippen LogP contribution in [0.25, 0.3) is 10.9 Å². The zero-order valence-corrected chi connectivity index (χ0v) is 19.8. The Hall–Kier alpha value is -3.66. The maximum Gasteiger partial charge on any atom is 0.225 e. The number of benzene rings is 1. The van der Waals surface area contributed by atoms with Crippen molar-refractivity contribution in [3.05, 3.63) is 54.0 Å². The fourth-order valence-corrected chi connectivity index (χ4v) is 4.05. The van der Waals surface area contributed by atoms with Gasteiger partial charge >= 0.3 is 0 Å².